The Balaban J connectivity index is 1.77. The van der Waals surface area contributed by atoms with Gasteiger partial charge >= 0.3 is 6.43 Å². The van der Waals surface area contributed by atoms with E-state index in [0.29, 0.717) is 10.8 Å². The van der Waals surface area contributed by atoms with Crippen molar-refractivity contribution < 1.29 is 13.2 Å². The van der Waals surface area contributed by atoms with Crippen LogP contribution in [0.5, 0.6) is 0 Å². The van der Waals surface area contributed by atoms with Crippen molar-refractivity contribution in [2.24, 2.45) is 0 Å². The lowest BCUT2D eigenvalue weighted by molar-refractivity contribution is 0.116. The SMILES string of the molecule is O=c1cc(-c2nnc(C(F)F)o2)ccn1CC#Cc1cccc(Cl)n1. The molecule has 0 atom stereocenters. The molecule has 0 saturated heterocycles. The van der Waals surface area contributed by atoms with E-state index >= 15 is 0 Å². The van der Waals surface area contributed by atoms with Crippen LogP contribution in [0.3, 0.4) is 0 Å². The molecule has 126 valence electrons. The predicted molar refractivity (Wildman–Crippen MR) is 85.1 cm³/mol. The van der Waals surface area contributed by atoms with Crippen LogP contribution in [0.15, 0.2) is 45.7 Å². The second-order valence-electron chi connectivity index (χ2n) is 4.78. The summed E-state index contributed by atoms with van der Waals surface area (Å²) in [7, 11) is 0. The topological polar surface area (TPSA) is 73.8 Å². The van der Waals surface area contributed by atoms with Crippen molar-refractivity contribution in [2.45, 2.75) is 13.0 Å². The average molecular weight is 363 g/mol. The first-order valence-electron chi connectivity index (χ1n) is 6.97. The third kappa shape index (κ3) is 4.08. The lowest BCUT2D eigenvalue weighted by Gasteiger charge is -2.01. The Kier molecular flexibility index (Phi) is 4.86. The molecular formula is C16H9ClF2N4O2. The maximum Gasteiger partial charge on any atom is 0.314 e. The van der Waals surface area contributed by atoms with Crippen LogP contribution in [0.25, 0.3) is 11.5 Å². The van der Waals surface area contributed by atoms with Gasteiger partial charge in [0.1, 0.15) is 10.8 Å². The summed E-state index contributed by atoms with van der Waals surface area (Å²) in [6, 6.07) is 7.76. The first-order valence-corrected chi connectivity index (χ1v) is 7.34. The van der Waals surface area contributed by atoms with Gasteiger partial charge < -0.3 is 8.98 Å². The second kappa shape index (κ2) is 7.23. The highest BCUT2D eigenvalue weighted by atomic mass is 35.5. The molecule has 0 N–H and O–H groups in total. The van der Waals surface area contributed by atoms with Crippen molar-refractivity contribution in [3.63, 3.8) is 0 Å². The molecule has 0 fully saturated rings. The Bertz CT molecular complexity index is 1020. The number of alkyl halides is 2. The molecule has 0 saturated carbocycles. The molecule has 0 radical (unpaired) electrons. The molecule has 3 rings (SSSR count). The van der Waals surface area contributed by atoms with Crippen LogP contribution in [-0.4, -0.2) is 19.7 Å². The van der Waals surface area contributed by atoms with E-state index in [0.717, 1.165) is 0 Å². The number of pyridine rings is 2. The minimum absolute atomic E-state index is 0.124. The monoisotopic (exact) mass is 362 g/mol. The lowest BCUT2D eigenvalue weighted by Crippen LogP contribution is -2.17. The molecule has 0 aliphatic carbocycles. The first-order chi connectivity index (χ1) is 12.0. The van der Waals surface area contributed by atoms with Crippen LogP contribution in [0.1, 0.15) is 18.0 Å². The molecule has 0 amide bonds. The standard InChI is InChI=1S/C16H9ClF2N4O2/c17-12-5-1-3-11(20-12)4-2-7-23-8-6-10(9-13(23)24)15-21-22-16(25-15)14(18)19/h1,3,5-6,8-9,14H,7H2. The van der Waals surface area contributed by atoms with Gasteiger partial charge in [0, 0.05) is 17.8 Å². The van der Waals surface area contributed by atoms with Crippen molar-refractivity contribution in [2.75, 3.05) is 0 Å². The molecule has 25 heavy (non-hydrogen) atoms. The van der Waals surface area contributed by atoms with Crippen LogP contribution in [0, 0.1) is 11.8 Å². The molecule has 3 heterocycles. The van der Waals surface area contributed by atoms with Gasteiger partial charge in [-0.15, -0.1) is 10.2 Å². The first kappa shape index (κ1) is 16.8. The van der Waals surface area contributed by atoms with E-state index < -0.39 is 12.3 Å². The Morgan fingerprint density at radius 3 is 2.80 bits per heavy atom. The summed E-state index contributed by atoms with van der Waals surface area (Å²) in [4.78, 5) is 16.1. The maximum atomic E-state index is 12.5. The van der Waals surface area contributed by atoms with Gasteiger partial charge in [-0.3, -0.25) is 4.79 Å². The maximum absolute atomic E-state index is 12.5. The van der Waals surface area contributed by atoms with Crippen LogP contribution >= 0.6 is 11.6 Å². The van der Waals surface area contributed by atoms with Gasteiger partial charge in [-0.25, -0.2) is 4.98 Å². The summed E-state index contributed by atoms with van der Waals surface area (Å²) in [6.45, 7) is 0.124. The summed E-state index contributed by atoms with van der Waals surface area (Å²) in [5.41, 5.74) is 0.357. The molecule has 0 bridgehead atoms. The van der Waals surface area contributed by atoms with Gasteiger partial charge in [0.15, 0.2) is 0 Å². The van der Waals surface area contributed by atoms with Crippen molar-refractivity contribution in [1.29, 1.82) is 0 Å². The molecule has 3 aromatic heterocycles. The minimum Gasteiger partial charge on any atom is -0.415 e. The summed E-state index contributed by atoms with van der Waals surface area (Å²) in [6.07, 6.45) is -1.40. The van der Waals surface area contributed by atoms with Crippen molar-refractivity contribution >= 4 is 11.6 Å². The third-order valence-electron chi connectivity index (χ3n) is 3.05. The lowest BCUT2D eigenvalue weighted by atomic mass is 10.2. The highest BCUT2D eigenvalue weighted by Crippen LogP contribution is 2.21. The van der Waals surface area contributed by atoms with Gasteiger partial charge in [-0.1, -0.05) is 23.6 Å². The predicted octanol–water partition coefficient (Wildman–Crippen LogP) is 2.94. The van der Waals surface area contributed by atoms with E-state index in [9.17, 15) is 13.6 Å². The Hall–Kier alpha value is -3.05. The van der Waals surface area contributed by atoms with E-state index in [-0.39, 0.29) is 23.6 Å². The molecule has 0 aliphatic rings. The number of rotatable bonds is 3. The number of nitrogens with zero attached hydrogens (tertiary/aromatic N) is 4. The van der Waals surface area contributed by atoms with Gasteiger partial charge in [-0.2, -0.15) is 8.78 Å². The largest absolute Gasteiger partial charge is 0.415 e. The fraction of sp³-hybridized carbons (Fsp3) is 0.125. The van der Waals surface area contributed by atoms with Gasteiger partial charge in [0.25, 0.3) is 11.4 Å². The second-order valence-corrected chi connectivity index (χ2v) is 5.16. The quantitative estimate of drug-likeness (QED) is 0.529. The van der Waals surface area contributed by atoms with Gasteiger partial charge in [0.2, 0.25) is 5.89 Å². The van der Waals surface area contributed by atoms with Gasteiger partial charge in [0.05, 0.1) is 6.54 Å². The molecule has 0 unspecified atom stereocenters. The van der Waals surface area contributed by atoms with E-state index in [4.69, 9.17) is 16.0 Å². The average Bonchev–Trinajstić information content (AvgIpc) is 3.07. The van der Waals surface area contributed by atoms with Crippen molar-refractivity contribution in [3.05, 3.63) is 63.6 Å². The van der Waals surface area contributed by atoms with E-state index in [1.165, 1.54) is 22.9 Å². The van der Waals surface area contributed by atoms with E-state index in [1.807, 2.05) is 0 Å². The molecule has 3 aromatic rings. The molecule has 0 aliphatic heterocycles. The third-order valence-corrected chi connectivity index (χ3v) is 3.26. The molecule has 9 heteroatoms. The summed E-state index contributed by atoms with van der Waals surface area (Å²) in [5.74, 6) is 4.66. The Labute approximate surface area is 145 Å². The zero-order valence-corrected chi connectivity index (χ0v) is 13.2. The smallest absolute Gasteiger partial charge is 0.314 e. The highest BCUT2D eigenvalue weighted by molar-refractivity contribution is 6.29. The molecule has 6 nitrogen and oxygen atoms in total. The summed E-state index contributed by atoms with van der Waals surface area (Å²) < 4.78 is 31.1. The molecule has 0 aromatic carbocycles. The Morgan fingerprint density at radius 1 is 1.28 bits per heavy atom. The van der Waals surface area contributed by atoms with Gasteiger partial charge in [-0.05, 0) is 24.1 Å². The zero-order chi connectivity index (χ0) is 17.8. The molecular weight excluding hydrogens is 354 g/mol. The van der Waals surface area contributed by atoms with Crippen molar-refractivity contribution in [1.82, 2.24) is 19.7 Å². The molecule has 0 spiro atoms. The fourth-order valence-corrected chi connectivity index (χ4v) is 2.07. The highest BCUT2D eigenvalue weighted by Gasteiger charge is 2.17. The van der Waals surface area contributed by atoms with Crippen LogP contribution in [-0.2, 0) is 6.54 Å². The number of hydrogen-bond donors (Lipinski definition) is 0. The summed E-state index contributed by atoms with van der Waals surface area (Å²) >= 11 is 5.76. The minimum atomic E-state index is -2.86. The number of halogens is 3. The fourth-order valence-electron chi connectivity index (χ4n) is 1.90. The number of aromatic nitrogens is 4. The van der Waals surface area contributed by atoms with Crippen LogP contribution in [0.2, 0.25) is 5.15 Å². The summed E-state index contributed by atoms with van der Waals surface area (Å²) in [5, 5.41) is 7.04. The van der Waals surface area contributed by atoms with Crippen LogP contribution in [0.4, 0.5) is 8.78 Å². The van der Waals surface area contributed by atoms with Crippen molar-refractivity contribution in [3.8, 4) is 23.3 Å². The zero-order valence-electron chi connectivity index (χ0n) is 12.5. The normalized spacial score (nSPS) is 10.6. The number of hydrogen-bond acceptors (Lipinski definition) is 5. The Morgan fingerprint density at radius 2 is 2.12 bits per heavy atom. The van der Waals surface area contributed by atoms with Crippen LogP contribution < -0.4 is 5.56 Å². The van der Waals surface area contributed by atoms with E-state index in [2.05, 4.69) is 27.0 Å². The van der Waals surface area contributed by atoms with E-state index in [1.54, 1.807) is 18.2 Å².